The van der Waals surface area contributed by atoms with Crippen molar-refractivity contribution in [2.24, 2.45) is 0 Å². The van der Waals surface area contributed by atoms with Crippen LogP contribution in [0.4, 0.5) is 0 Å². The normalized spacial score (nSPS) is 28.1. The number of rotatable bonds is 7. The maximum atomic E-state index is 14.6. The summed E-state index contributed by atoms with van der Waals surface area (Å²) in [7, 11) is 0. The fourth-order valence-corrected chi connectivity index (χ4v) is 14.2. The highest BCUT2D eigenvalue weighted by molar-refractivity contribution is 5.92. The summed E-state index contributed by atoms with van der Waals surface area (Å²) in [5.74, 6) is -2.15. The van der Waals surface area contributed by atoms with Crippen molar-refractivity contribution in [1.82, 2.24) is 28.9 Å². The molecule has 1 N–H and O–H groups in total. The minimum Gasteiger partial charge on any atom is -0.476 e. The summed E-state index contributed by atoms with van der Waals surface area (Å²) in [5.41, 5.74) is 0.209. The first-order valence-corrected chi connectivity index (χ1v) is 26.9. The smallest absolute Gasteiger partial charge is 0.368 e. The van der Waals surface area contributed by atoms with Crippen molar-refractivity contribution >= 4 is 34.0 Å². The van der Waals surface area contributed by atoms with Crippen LogP contribution in [-0.4, -0.2) is 82.2 Å². The highest BCUT2D eigenvalue weighted by atomic mass is 16.5. The van der Waals surface area contributed by atoms with E-state index in [0.29, 0.717) is 47.3 Å². The number of carbonyl (C=O) groups excluding carboxylic acids is 1. The van der Waals surface area contributed by atoms with Crippen LogP contribution in [0.25, 0.3) is 22.1 Å². The van der Waals surface area contributed by atoms with Gasteiger partial charge < -0.3 is 19.0 Å². The molecule has 2 aromatic heterocycles. The average Bonchev–Trinajstić information content (AvgIpc) is 3.70. The molecule has 0 radical (unpaired) electrons. The molecule has 10 rings (SSSR count). The Balaban J connectivity index is 0.892. The van der Waals surface area contributed by atoms with Crippen LogP contribution in [0.2, 0.25) is 0 Å². The van der Waals surface area contributed by atoms with E-state index in [1.807, 2.05) is 28.8 Å². The molecule has 2 saturated carbocycles. The van der Waals surface area contributed by atoms with Crippen molar-refractivity contribution in [2.45, 2.75) is 235 Å². The number of aromatic carboxylic acids is 1. The lowest BCUT2D eigenvalue weighted by atomic mass is 9.90. The van der Waals surface area contributed by atoms with Gasteiger partial charge in [0, 0.05) is 54.4 Å². The van der Waals surface area contributed by atoms with Gasteiger partial charge in [-0.2, -0.15) is 0 Å². The molecule has 6 aliphatic rings. The maximum Gasteiger partial charge on any atom is 0.368 e. The monoisotopic (exact) mass is 915 g/mol. The fraction of sp³-hybridized carbons (Fsp3) is 0.673. The van der Waals surface area contributed by atoms with Crippen LogP contribution >= 0.6 is 0 Å². The number of para-hydroxylation sites is 2. The molecule has 6 atom stereocenters. The lowest BCUT2D eigenvalue weighted by Gasteiger charge is -2.44. The molecule has 0 amide bonds. The number of carbonyl (C=O) groups is 2. The zero-order chi connectivity index (χ0) is 45.9. The Kier molecular flexibility index (Phi) is 14.6. The van der Waals surface area contributed by atoms with Gasteiger partial charge >= 0.3 is 11.9 Å². The second-order valence-corrected chi connectivity index (χ2v) is 21.5. The predicted octanol–water partition coefficient (Wildman–Crippen LogP) is 11.3. The van der Waals surface area contributed by atoms with Crippen LogP contribution in [-0.2, 0) is 0 Å². The van der Waals surface area contributed by atoms with Crippen molar-refractivity contribution in [3.8, 4) is 5.75 Å². The van der Waals surface area contributed by atoms with E-state index < -0.39 is 28.8 Å². The number of esters is 1. The molecule has 4 saturated heterocycles. The minimum atomic E-state index is -1.39. The van der Waals surface area contributed by atoms with Crippen molar-refractivity contribution in [3.05, 3.63) is 74.6 Å². The highest BCUT2D eigenvalue weighted by Gasteiger charge is 2.46. The summed E-state index contributed by atoms with van der Waals surface area (Å²) in [6, 6.07) is 14.9. The van der Waals surface area contributed by atoms with Crippen molar-refractivity contribution in [3.63, 3.8) is 0 Å². The molecule has 2 aliphatic carbocycles. The third kappa shape index (κ3) is 9.90. The summed E-state index contributed by atoms with van der Waals surface area (Å²) in [4.78, 5) is 70.2. The van der Waals surface area contributed by atoms with Crippen molar-refractivity contribution < 1.29 is 19.4 Å². The number of benzene rings is 2. The Hall–Kier alpha value is -4.42. The first kappa shape index (κ1) is 46.3. The van der Waals surface area contributed by atoms with E-state index in [-0.39, 0.29) is 29.0 Å². The van der Waals surface area contributed by atoms with Crippen molar-refractivity contribution in [1.29, 1.82) is 0 Å². The quantitative estimate of drug-likeness (QED) is 0.141. The second-order valence-electron chi connectivity index (χ2n) is 21.5. The van der Waals surface area contributed by atoms with E-state index >= 15 is 0 Å². The molecule has 6 fully saturated rings. The Bertz CT molecular complexity index is 2470. The standard InChI is InChI=1S/C55H74N6O6/c62-52-50(54(64)65)57-47-36-45(30-31-49(47)61(52)44-34-41-28-29-42(35-44)59(41)38-20-14-10-6-2-1-3-7-11-15-21-38)67-55(66)51-53(63)60(48-25-19-18-24-46(48)56-51)43-32-39-26-27-40(33-43)58(39)37-22-16-12-8-4-5-9-13-17-23-37/h18-19,24-25,30-31,36-44H,1-17,20-23,26-29,32-35H2,(H,64,65)/t39-,40+,41-,42+,43?,44?. The number of hydrogen-bond acceptors (Lipinski definition) is 9. The average molecular weight is 915 g/mol. The molecule has 0 spiro atoms. The van der Waals surface area contributed by atoms with Gasteiger partial charge in [0.25, 0.3) is 11.1 Å². The van der Waals surface area contributed by atoms with Gasteiger partial charge in [0.05, 0.1) is 22.1 Å². The van der Waals surface area contributed by atoms with Crippen LogP contribution in [0.1, 0.15) is 219 Å². The molecule has 4 aliphatic heterocycles. The maximum absolute atomic E-state index is 14.6. The van der Waals surface area contributed by atoms with Gasteiger partial charge in [0.2, 0.25) is 11.4 Å². The molecule has 4 bridgehead atoms. The number of fused-ring (bicyclic) bond motifs is 6. The summed E-state index contributed by atoms with van der Waals surface area (Å²) in [5, 5.41) is 10.3. The second kappa shape index (κ2) is 21.1. The molecule has 67 heavy (non-hydrogen) atoms. The van der Waals surface area contributed by atoms with E-state index in [2.05, 4.69) is 19.8 Å². The van der Waals surface area contributed by atoms with E-state index in [0.717, 1.165) is 56.9 Å². The predicted molar refractivity (Wildman–Crippen MR) is 262 cm³/mol. The molecule has 2 aromatic carbocycles. The van der Waals surface area contributed by atoms with E-state index in [1.54, 1.807) is 16.7 Å². The van der Waals surface area contributed by atoms with Gasteiger partial charge in [-0.1, -0.05) is 121 Å². The number of ether oxygens (including phenoxy) is 1. The van der Waals surface area contributed by atoms with E-state index in [9.17, 15) is 24.3 Å². The molecule has 360 valence electrons. The highest BCUT2D eigenvalue weighted by Crippen LogP contribution is 2.46. The summed E-state index contributed by atoms with van der Waals surface area (Å²) < 4.78 is 9.47. The molecule has 2 unspecified atom stereocenters. The number of carboxylic acid groups (broad SMARTS) is 1. The first-order chi connectivity index (χ1) is 32.8. The molecular weight excluding hydrogens is 841 g/mol. The van der Waals surface area contributed by atoms with Gasteiger partial charge in [-0.15, -0.1) is 0 Å². The number of aromatic nitrogens is 4. The summed E-state index contributed by atoms with van der Waals surface area (Å²) >= 11 is 0. The van der Waals surface area contributed by atoms with Gasteiger partial charge in [-0.25, -0.2) is 19.6 Å². The zero-order valence-electron chi connectivity index (χ0n) is 39.8. The van der Waals surface area contributed by atoms with Crippen molar-refractivity contribution in [2.75, 3.05) is 0 Å². The van der Waals surface area contributed by atoms with E-state index in [1.165, 1.54) is 141 Å². The van der Waals surface area contributed by atoms with E-state index in [4.69, 9.17) is 4.74 Å². The number of hydrogen-bond donors (Lipinski definition) is 1. The molecule has 12 nitrogen and oxygen atoms in total. The zero-order valence-corrected chi connectivity index (χ0v) is 39.8. The Labute approximate surface area is 395 Å². The third-order valence-electron chi connectivity index (χ3n) is 17.3. The van der Waals surface area contributed by atoms with Gasteiger partial charge in [-0.05, 0) is 101 Å². The van der Waals surface area contributed by atoms with Crippen LogP contribution < -0.4 is 15.9 Å². The Morgan fingerprint density at radius 1 is 0.463 bits per heavy atom. The Morgan fingerprint density at radius 3 is 1.33 bits per heavy atom. The minimum absolute atomic E-state index is 0.0679. The number of nitrogens with zero attached hydrogens (tertiary/aromatic N) is 6. The lowest BCUT2D eigenvalue weighted by molar-refractivity contribution is 0.0510. The van der Waals surface area contributed by atoms with Gasteiger partial charge in [0.15, 0.2) is 0 Å². The number of piperidine rings is 2. The van der Waals surface area contributed by atoms with Crippen LogP contribution in [0, 0.1) is 0 Å². The summed E-state index contributed by atoms with van der Waals surface area (Å²) in [6.45, 7) is 0. The molecule has 4 aromatic rings. The fourth-order valence-electron chi connectivity index (χ4n) is 14.2. The number of carboxylic acids is 1. The van der Waals surface area contributed by atoms with Gasteiger partial charge in [-0.3, -0.25) is 19.4 Å². The SMILES string of the molecule is O=C(O)c1nc2cc(OC(=O)c3nc4ccccc4n(C4C[C@H]5CC[C@@H](C4)N5C4CCCCCCCCCC4)c3=O)ccc2n(C2C[C@H]3CC[C@@H](C2)N3C2CCCCCCCCCCC2)c1=O. The summed E-state index contributed by atoms with van der Waals surface area (Å²) in [6.07, 6.45) is 35.2. The molecular formula is C55H74N6O6. The Morgan fingerprint density at radius 2 is 0.866 bits per heavy atom. The topological polar surface area (TPSA) is 140 Å². The van der Waals surface area contributed by atoms with Gasteiger partial charge in [0.1, 0.15) is 5.75 Å². The first-order valence-electron chi connectivity index (χ1n) is 26.9. The lowest BCUT2D eigenvalue weighted by Crippen LogP contribution is -2.50. The van der Waals surface area contributed by atoms with Crippen LogP contribution in [0.3, 0.4) is 0 Å². The third-order valence-corrected chi connectivity index (χ3v) is 17.3. The molecule has 12 heteroatoms. The largest absolute Gasteiger partial charge is 0.476 e. The van der Waals surface area contributed by atoms with Crippen LogP contribution in [0.5, 0.6) is 5.75 Å². The molecule has 6 heterocycles. The van der Waals surface area contributed by atoms with Crippen LogP contribution in [0.15, 0.2) is 52.1 Å².